The van der Waals surface area contributed by atoms with E-state index in [4.69, 9.17) is 4.74 Å². The highest BCUT2D eigenvalue weighted by Gasteiger charge is 2.23. The maximum absolute atomic E-state index is 10.8. The Morgan fingerprint density at radius 3 is 2.38 bits per heavy atom. The molecule has 0 spiro atoms. The van der Waals surface area contributed by atoms with Gasteiger partial charge in [0.25, 0.3) is 0 Å². The lowest BCUT2D eigenvalue weighted by Gasteiger charge is -2.25. The first kappa shape index (κ1) is 15.6. The smallest absolute Gasteiger partial charge is 0.118 e. The van der Waals surface area contributed by atoms with Gasteiger partial charge in [-0.05, 0) is 42.2 Å². The van der Waals surface area contributed by atoms with Crippen LogP contribution in [-0.2, 0) is 18.4 Å². The molecule has 0 aromatic heterocycles. The molecule has 0 saturated heterocycles. The van der Waals surface area contributed by atoms with Gasteiger partial charge in [-0.15, -0.1) is 0 Å². The second-order valence-electron chi connectivity index (χ2n) is 5.75. The van der Waals surface area contributed by atoms with Gasteiger partial charge < -0.3 is 9.84 Å². The van der Waals surface area contributed by atoms with Gasteiger partial charge in [0.05, 0.1) is 12.7 Å². The lowest BCUT2D eigenvalue weighted by Crippen LogP contribution is -2.24. The molecule has 1 N–H and O–H groups in total. The normalized spacial score (nSPS) is 13.7. The Morgan fingerprint density at radius 2 is 1.76 bits per heavy atom. The molecule has 0 bridgehead atoms. The van der Waals surface area contributed by atoms with Gasteiger partial charge in [-0.2, -0.15) is 0 Å². The van der Waals surface area contributed by atoms with Crippen LogP contribution in [0.2, 0.25) is 0 Å². The first-order valence-electron chi connectivity index (χ1n) is 7.50. The molecule has 0 saturated carbocycles. The molecule has 0 radical (unpaired) electrons. The summed E-state index contributed by atoms with van der Waals surface area (Å²) >= 11 is 0. The molecule has 2 rings (SSSR count). The summed E-state index contributed by atoms with van der Waals surface area (Å²) < 4.78 is 5.16. The average Bonchev–Trinajstić information content (AvgIpc) is 2.48. The van der Waals surface area contributed by atoms with E-state index >= 15 is 0 Å². The van der Waals surface area contributed by atoms with Gasteiger partial charge in [-0.25, -0.2) is 0 Å². The van der Waals surface area contributed by atoms with Crippen LogP contribution in [-0.4, -0.2) is 12.2 Å². The fraction of sp³-hybridized carbons (Fsp3) is 0.368. The van der Waals surface area contributed by atoms with Crippen LogP contribution in [0.4, 0.5) is 0 Å². The number of methoxy groups -OCH3 is 1. The van der Waals surface area contributed by atoms with Crippen molar-refractivity contribution in [1.82, 2.24) is 0 Å². The molecule has 0 aliphatic heterocycles. The zero-order valence-electron chi connectivity index (χ0n) is 13.1. The Kier molecular flexibility index (Phi) is 5.03. The lowest BCUT2D eigenvalue weighted by molar-refractivity contribution is 0.0575. The molecule has 2 aromatic carbocycles. The molecule has 1 unspecified atom stereocenters. The van der Waals surface area contributed by atoms with Crippen molar-refractivity contribution < 1.29 is 9.84 Å². The van der Waals surface area contributed by atoms with Crippen LogP contribution >= 0.6 is 0 Å². The van der Waals surface area contributed by atoms with E-state index in [-0.39, 0.29) is 0 Å². The second kappa shape index (κ2) is 6.77. The van der Waals surface area contributed by atoms with Gasteiger partial charge in [-0.1, -0.05) is 49.7 Å². The highest BCUT2D eigenvalue weighted by Crippen LogP contribution is 2.27. The standard InChI is InChI=1S/C19H24O2/c1-4-6-15-7-5-8-17(13-15)19(2,20)14-16-9-11-18(21-3)12-10-16/h5,7-13,20H,4,6,14H2,1-3H3. The van der Waals surface area contributed by atoms with E-state index in [0.29, 0.717) is 6.42 Å². The van der Waals surface area contributed by atoms with Crippen LogP contribution in [0.15, 0.2) is 48.5 Å². The predicted octanol–water partition coefficient (Wildman–Crippen LogP) is 4.10. The highest BCUT2D eigenvalue weighted by molar-refractivity contribution is 5.32. The van der Waals surface area contributed by atoms with E-state index in [1.807, 2.05) is 43.3 Å². The third-order valence-corrected chi connectivity index (χ3v) is 3.79. The summed E-state index contributed by atoms with van der Waals surface area (Å²) in [6.07, 6.45) is 2.75. The molecule has 0 heterocycles. The first-order chi connectivity index (χ1) is 10.0. The van der Waals surface area contributed by atoms with Crippen molar-refractivity contribution in [3.63, 3.8) is 0 Å². The van der Waals surface area contributed by atoms with Gasteiger partial charge >= 0.3 is 0 Å². The number of aliphatic hydroxyl groups is 1. The molecule has 2 nitrogen and oxygen atoms in total. The Hall–Kier alpha value is -1.80. The minimum atomic E-state index is -0.863. The van der Waals surface area contributed by atoms with Crippen molar-refractivity contribution in [2.24, 2.45) is 0 Å². The minimum Gasteiger partial charge on any atom is -0.497 e. The molecular weight excluding hydrogens is 260 g/mol. The van der Waals surface area contributed by atoms with E-state index in [0.717, 1.165) is 29.7 Å². The number of benzene rings is 2. The quantitative estimate of drug-likeness (QED) is 0.865. The zero-order chi connectivity index (χ0) is 15.3. The maximum Gasteiger partial charge on any atom is 0.118 e. The van der Waals surface area contributed by atoms with E-state index in [9.17, 15) is 5.11 Å². The number of hydrogen-bond acceptors (Lipinski definition) is 2. The Bertz CT molecular complexity index is 570. The fourth-order valence-corrected chi connectivity index (χ4v) is 2.59. The van der Waals surface area contributed by atoms with Gasteiger partial charge in [0.1, 0.15) is 5.75 Å². The van der Waals surface area contributed by atoms with Crippen LogP contribution in [0.3, 0.4) is 0 Å². The third-order valence-electron chi connectivity index (χ3n) is 3.79. The number of aryl methyl sites for hydroxylation is 1. The molecule has 0 amide bonds. The van der Waals surface area contributed by atoms with Gasteiger partial charge in [0.2, 0.25) is 0 Å². The summed E-state index contributed by atoms with van der Waals surface area (Å²) in [5.74, 6) is 0.836. The van der Waals surface area contributed by atoms with Crippen molar-refractivity contribution in [2.45, 2.75) is 38.7 Å². The summed E-state index contributed by atoms with van der Waals surface area (Å²) in [6, 6.07) is 16.1. The lowest BCUT2D eigenvalue weighted by atomic mass is 9.88. The van der Waals surface area contributed by atoms with E-state index in [1.165, 1.54) is 5.56 Å². The summed E-state index contributed by atoms with van der Waals surface area (Å²) in [4.78, 5) is 0. The SMILES string of the molecule is CCCc1cccc(C(C)(O)Cc2ccc(OC)cc2)c1. The van der Waals surface area contributed by atoms with E-state index < -0.39 is 5.60 Å². The van der Waals surface area contributed by atoms with Gasteiger partial charge in [-0.3, -0.25) is 0 Å². The largest absolute Gasteiger partial charge is 0.497 e. The summed E-state index contributed by atoms with van der Waals surface area (Å²) in [6.45, 7) is 4.05. The third kappa shape index (κ3) is 4.08. The van der Waals surface area contributed by atoms with Gasteiger partial charge in [0, 0.05) is 6.42 Å². The number of hydrogen-bond donors (Lipinski definition) is 1. The zero-order valence-corrected chi connectivity index (χ0v) is 13.1. The molecular formula is C19H24O2. The molecule has 2 aromatic rings. The van der Waals surface area contributed by atoms with Crippen molar-refractivity contribution in [1.29, 1.82) is 0 Å². The van der Waals surface area contributed by atoms with Crippen LogP contribution in [0.25, 0.3) is 0 Å². The number of ether oxygens (including phenoxy) is 1. The van der Waals surface area contributed by atoms with Crippen molar-refractivity contribution in [3.05, 3.63) is 65.2 Å². The molecule has 2 heteroatoms. The highest BCUT2D eigenvalue weighted by atomic mass is 16.5. The Labute approximate surface area is 127 Å². The topological polar surface area (TPSA) is 29.5 Å². The molecule has 21 heavy (non-hydrogen) atoms. The monoisotopic (exact) mass is 284 g/mol. The molecule has 112 valence electrons. The molecule has 0 aliphatic rings. The second-order valence-corrected chi connectivity index (χ2v) is 5.75. The van der Waals surface area contributed by atoms with Crippen LogP contribution in [0.1, 0.15) is 37.0 Å². The van der Waals surface area contributed by atoms with Crippen LogP contribution in [0, 0.1) is 0 Å². The fourth-order valence-electron chi connectivity index (χ4n) is 2.59. The van der Waals surface area contributed by atoms with E-state index in [2.05, 4.69) is 19.1 Å². The van der Waals surface area contributed by atoms with Crippen molar-refractivity contribution >= 4 is 0 Å². The maximum atomic E-state index is 10.8. The number of rotatable bonds is 6. The Balaban J connectivity index is 2.18. The average molecular weight is 284 g/mol. The molecule has 0 aliphatic carbocycles. The minimum absolute atomic E-state index is 0.590. The summed E-state index contributed by atoms with van der Waals surface area (Å²) in [5.41, 5.74) is 2.49. The van der Waals surface area contributed by atoms with Crippen LogP contribution < -0.4 is 4.74 Å². The van der Waals surface area contributed by atoms with E-state index in [1.54, 1.807) is 7.11 Å². The Morgan fingerprint density at radius 1 is 1.05 bits per heavy atom. The molecule has 1 atom stereocenters. The van der Waals surface area contributed by atoms with Crippen molar-refractivity contribution in [2.75, 3.05) is 7.11 Å². The summed E-state index contributed by atoms with van der Waals surface area (Å²) in [5, 5.41) is 10.8. The summed E-state index contributed by atoms with van der Waals surface area (Å²) in [7, 11) is 1.66. The van der Waals surface area contributed by atoms with Gasteiger partial charge in [0.15, 0.2) is 0 Å². The first-order valence-corrected chi connectivity index (χ1v) is 7.50. The predicted molar refractivity (Wildman–Crippen MR) is 86.7 cm³/mol. The molecule has 0 fully saturated rings. The van der Waals surface area contributed by atoms with Crippen LogP contribution in [0.5, 0.6) is 5.75 Å². The van der Waals surface area contributed by atoms with Crippen molar-refractivity contribution in [3.8, 4) is 5.75 Å².